The number of pyridine rings is 1. The molecule has 0 aliphatic rings. The minimum Gasteiger partial charge on any atom is -0.374 e. The van der Waals surface area contributed by atoms with Gasteiger partial charge >= 0.3 is 0 Å². The first-order valence-electron chi connectivity index (χ1n) is 5.47. The van der Waals surface area contributed by atoms with Gasteiger partial charge in [-0.15, -0.1) is 10.2 Å². The van der Waals surface area contributed by atoms with Crippen LogP contribution in [0.1, 0.15) is 10.4 Å². The molecule has 3 aromatic rings. The highest BCUT2D eigenvalue weighted by atomic mass is 32.1. The van der Waals surface area contributed by atoms with Crippen LogP contribution in [0, 0.1) is 0 Å². The summed E-state index contributed by atoms with van der Waals surface area (Å²) in [6, 6.07) is 9.04. The Kier molecular flexibility index (Phi) is 2.81. The third-order valence-electron chi connectivity index (χ3n) is 2.53. The molecule has 0 fully saturated rings. The van der Waals surface area contributed by atoms with Gasteiger partial charge in [-0.2, -0.15) is 0 Å². The third kappa shape index (κ3) is 2.36. The van der Waals surface area contributed by atoms with Crippen molar-refractivity contribution in [2.24, 2.45) is 0 Å². The molecular formula is C12H9N5OS. The number of aromatic nitrogens is 3. The Balaban J connectivity index is 1.89. The summed E-state index contributed by atoms with van der Waals surface area (Å²) in [5.74, 6) is -0.248. The van der Waals surface area contributed by atoms with Gasteiger partial charge in [-0.1, -0.05) is 17.4 Å². The van der Waals surface area contributed by atoms with Crippen LogP contribution in [0.15, 0.2) is 36.5 Å². The van der Waals surface area contributed by atoms with E-state index in [-0.39, 0.29) is 5.91 Å². The largest absolute Gasteiger partial charge is 0.374 e. The number of carbonyl (C=O) groups excluding carboxylic acids is 1. The first-order valence-corrected chi connectivity index (χ1v) is 6.29. The second-order valence-electron chi connectivity index (χ2n) is 3.81. The lowest BCUT2D eigenvalue weighted by molar-refractivity contribution is 0.102. The predicted octanol–water partition coefficient (Wildman–Crippen LogP) is 1.92. The maximum atomic E-state index is 12.0. The van der Waals surface area contributed by atoms with E-state index in [4.69, 9.17) is 5.73 Å². The molecule has 2 aromatic heterocycles. The smallest absolute Gasteiger partial charge is 0.257 e. The molecule has 3 rings (SSSR count). The van der Waals surface area contributed by atoms with E-state index in [1.165, 1.54) is 0 Å². The molecule has 0 aliphatic heterocycles. The summed E-state index contributed by atoms with van der Waals surface area (Å²) in [7, 11) is 0. The van der Waals surface area contributed by atoms with Gasteiger partial charge in [0.1, 0.15) is 0 Å². The van der Waals surface area contributed by atoms with Gasteiger partial charge in [0, 0.05) is 17.1 Å². The van der Waals surface area contributed by atoms with Gasteiger partial charge in [-0.05, 0) is 24.3 Å². The van der Waals surface area contributed by atoms with Crippen molar-refractivity contribution in [2.45, 2.75) is 0 Å². The van der Waals surface area contributed by atoms with Crippen LogP contribution >= 0.6 is 11.3 Å². The quantitative estimate of drug-likeness (QED) is 0.742. The minimum atomic E-state index is -0.248. The topological polar surface area (TPSA) is 93.8 Å². The van der Waals surface area contributed by atoms with E-state index < -0.39 is 0 Å². The Morgan fingerprint density at radius 1 is 1.26 bits per heavy atom. The number of nitrogens with one attached hydrogen (secondary N) is 1. The molecule has 2 heterocycles. The van der Waals surface area contributed by atoms with Crippen molar-refractivity contribution in [2.75, 3.05) is 11.1 Å². The fourth-order valence-electron chi connectivity index (χ4n) is 1.67. The summed E-state index contributed by atoms with van der Waals surface area (Å²) in [6.45, 7) is 0. The van der Waals surface area contributed by atoms with E-state index >= 15 is 0 Å². The zero-order chi connectivity index (χ0) is 13.2. The van der Waals surface area contributed by atoms with Crippen LogP contribution in [0.3, 0.4) is 0 Å². The van der Waals surface area contributed by atoms with Crippen LogP contribution in [0.25, 0.3) is 10.9 Å². The van der Waals surface area contributed by atoms with Gasteiger partial charge in [0.05, 0.1) is 5.52 Å². The van der Waals surface area contributed by atoms with Gasteiger partial charge in [-0.25, -0.2) is 0 Å². The third-order valence-corrected chi connectivity index (χ3v) is 3.19. The van der Waals surface area contributed by atoms with Gasteiger partial charge in [0.25, 0.3) is 5.91 Å². The van der Waals surface area contributed by atoms with E-state index in [0.717, 1.165) is 22.2 Å². The summed E-state index contributed by atoms with van der Waals surface area (Å²) < 4.78 is 0. The zero-order valence-electron chi connectivity index (χ0n) is 9.70. The Bertz CT molecular complexity index is 754. The van der Waals surface area contributed by atoms with Crippen molar-refractivity contribution in [1.29, 1.82) is 0 Å². The van der Waals surface area contributed by atoms with Crippen molar-refractivity contribution < 1.29 is 4.79 Å². The summed E-state index contributed by atoms with van der Waals surface area (Å²) in [5, 5.41) is 11.6. The fraction of sp³-hybridized carbons (Fsp3) is 0. The molecule has 0 bridgehead atoms. The molecule has 0 atom stereocenters. The van der Waals surface area contributed by atoms with Crippen LogP contribution in [0.5, 0.6) is 0 Å². The first kappa shape index (κ1) is 11.5. The fourth-order valence-corrected chi connectivity index (χ4v) is 2.18. The van der Waals surface area contributed by atoms with Gasteiger partial charge in [-0.3, -0.25) is 15.1 Å². The number of hydrogen-bond donors (Lipinski definition) is 2. The van der Waals surface area contributed by atoms with Crippen molar-refractivity contribution >= 4 is 38.4 Å². The van der Waals surface area contributed by atoms with E-state index in [2.05, 4.69) is 20.5 Å². The molecule has 0 aliphatic carbocycles. The number of amides is 1. The SMILES string of the molecule is Nc1nnc(NC(=O)c2ccc3ncccc3c2)s1. The Morgan fingerprint density at radius 3 is 2.95 bits per heavy atom. The molecule has 0 unspecified atom stereocenters. The minimum absolute atomic E-state index is 0.248. The van der Waals surface area contributed by atoms with Crippen LogP contribution in [-0.2, 0) is 0 Å². The summed E-state index contributed by atoms with van der Waals surface area (Å²) in [6.07, 6.45) is 1.71. The van der Waals surface area contributed by atoms with Crippen molar-refractivity contribution in [3.8, 4) is 0 Å². The van der Waals surface area contributed by atoms with Crippen molar-refractivity contribution in [3.63, 3.8) is 0 Å². The maximum Gasteiger partial charge on any atom is 0.257 e. The highest BCUT2D eigenvalue weighted by Crippen LogP contribution is 2.18. The monoisotopic (exact) mass is 271 g/mol. The summed E-state index contributed by atoms with van der Waals surface area (Å²) in [4.78, 5) is 16.2. The molecule has 0 saturated carbocycles. The standard InChI is InChI=1S/C12H9N5OS/c13-11-16-17-12(19-11)15-10(18)8-3-4-9-7(6-8)2-1-5-14-9/h1-6H,(H2,13,16)(H,15,17,18). The number of carbonyl (C=O) groups is 1. The number of anilines is 2. The number of fused-ring (bicyclic) bond motifs is 1. The second-order valence-corrected chi connectivity index (χ2v) is 4.82. The Hall–Kier alpha value is -2.54. The van der Waals surface area contributed by atoms with E-state index in [1.807, 2.05) is 12.1 Å². The van der Waals surface area contributed by atoms with Crippen molar-refractivity contribution in [1.82, 2.24) is 15.2 Å². The van der Waals surface area contributed by atoms with Gasteiger partial charge < -0.3 is 5.73 Å². The van der Waals surface area contributed by atoms with Crippen LogP contribution in [-0.4, -0.2) is 21.1 Å². The van der Waals surface area contributed by atoms with Gasteiger partial charge in [0.15, 0.2) is 0 Å². The van der Waals surface area contributed by atoms with Crippen LogP contribution in [0.4, 0.5) is 10.3 Å². The Morgan fingerprint density at radius 2 is 2.16 bits per heavy atom. The molecule has 1 amide bonds. The molecule has 0 spiro atoms. The number of nitrogens with zero attached hydrogens (tertiary/aromatic N) is 3. The summed E-state index contributed by atoms with van der Waals surface area (Å²) >= 11 is 1.13. The average Bonchev–Trinajstić information content (AvgIpc) is 2.83. The predicted molar refractivity (Wildman–Crippen MR) is 74.0 cm³/mol. The number of nitrogen functional groups attached to an aromatic ring is 1. The molecule has 6 nitrogen and oxygen atoms in total. The molecule has 3 N–H and O–H groups in total. The lowest BCUT2D eigenvalue weighted by Gasteiger charge is -2.02. The number of benzene rings is 1. The van der Waals surface area contributed by atoms with Gasteiger partial charge in [0.2, 0.25) is 10.3 Å². The van der Waals surface area contributed by atoms with E-state index in [1.54, 1.807) is 24.4 Å². The molecule has 7 heteroatoms. The van der Waals surface area contributed by atoms with Crippen molar-refractivity contribution in [3.05, 3.63) is 42.1 Å². The zero-order valence-corrected chi connectivity index (χ0v) is 10.5. The Labute approximate surface area is 112 Å². The second kappa shape index (κ2) is 4.62. The number of hydrogen-bond acceptors (Lipinski definition) is 6. The van der Waals surface area contributed by atoms with Crippen LogP contribution in [0.2, 0.25) is 0 Å². The van der Waals surface area contributed by atoms with E-state index in [9.17, 15) is 4.79 Å². The molecular weight excluding hydrogens is 262 g/mol. The number of nitrogens with two attached hydrogens (primary N) is 1. The molecule has 0 saturated heterocycles. The van der Waals surface area contributed by atoms with Crippen LogP contribution < -0.4 is 11.1 Å². The lowest BCUT2D eigenvalue weighted by Crippen LogP contribution is -2.11. The molecule has 94 valence electrons. The summed E-state index contributed by atoms with van der Waals surface area (Å²) in [5.41, 5.74) is 6.84. The normalized spacial score (nSPS) is 10.5. The highest BCUT2D eigenvalue weighted by Gasteiger charge is 2.09. The number of rotatable bonds is 2. The molecule has 0 radical (unpaired) electrons. The first-order chi connectivity index (χ1) is 9.22. The highest BCUT2D eigenvalue weighted by molar-refractivity contribution is 7.19. The maximum absolute atomic E-state index is 12.0. The average molecular weight is 271 g/mol. The van der Waals surface area contributed by atoms with E-state index in [0.29, 0.717) is 15.8 Å². The molecule has 19 heavy (non-hydrogen) atoms. The lowest BCUT2D eigenvalue weighted by atomic mass is 10.1. The molecule has 1 aromatic carbocycles.